The number of rotatable bonds is 6. The molecular weight excluding hydrogens is 252 g/mol. The molecule has 19 heavy (non-hydrogen) atoms. The first-order chi connectivity index (χ1) is 8.88. The first-order valence-electron chi connectivity index (χ1n) is 6.14. The summed E-state index contributed by atoms with van der Waals surface area (Å²) in [4.78, 5) is 37.4. The van der Waals surface area contributed by atoms with E-state index in [1.807, 2.05) is 0 Å². The zero-order valence-corrected chi connectivity index (χ0v) is 11.5. The van der Waals surface area contributed by atoms with Gasteiger partial charge in [-0.2, -0.15) is 0 Å². The molecule has 1 fully saturated rings. The predicted octanol–water partition coefficient (Wildman–Crippen LogP) is -0.587. The summed E-state index contributed by atoms with van der Waals surface area (Å²) < 4.78 is 4.90. The van der Waals surface area contributed by atoms with Crippen LogP contribution < -0.4 is 0 Å². The Morgan fingerprint density at radius 2 is 2.21 bits per heavy atom. The monoisotopic (exact) mass is 272 g/mol. The lowest BCUT2D eigenvalue weighted by molar-refractivity contribution is -0.149. The van der Waals surface area contributed by atoms with E-state index in [1.54, 1.807) is 12.0 Å². The third-order valence-electron chi connectivity index (χ3n) is 3.42. The zero-order valence-electron chi connectivity index (χ0n) is 11.5. The summed E-state index contributed by atoms with van der Waals surface area (Å²) >= 11 is 0. The van der Waals surface area contributed by atoms with Gasteiger partial charge in [-0.1, -0.05) is 0 Å². The Morgan fingerprint density at radius 3 is 2.74 bits per heavy atom. The van der Waals surface area contributed by atoms with Gasteiger partial charge in [0.1, 0.15) is 6.04 Å². The topological polar surface area (TPSA) is 87.2 Å². The number of hydrogen-bond acceptors (Lipinski definition) is 4. The number of carboxylic acid groups (broad SMARTS) is 1. The Balaban J connectivity index is 2.60. The van der Waals surface area contributed by atoms with Crippen molar-refractivity contribution >= 4 is 17.8 Å². The van der Waals surface area contributed by atoms with E-state index in [-0.39, 0.29) is 18.2 Å². The molecule has 0 aliphatic carbocycles. The normalized spacial score (nSPS) is 20.5. The molecule has 0 spiro atoms. The van der Waals surface area contributed by atoms with Crippen molar-refractivity contribution in [2.45, 2.75) is 19.4 Å². The molecule has 0 aromatic carbocycles. The molecule has 1 aliphatic rings. The van der Waals surface area contributed by atoms with Gasteiger partial charge in [-0.3, -0.25) is 9.59 Å². The number of ether oxygens (including phenoxy) is 1. The average Bonchev–Trinajstić information content (AvgIpc) is 2.74. The van der Waals surface area contributed by atoms with Crippen molar-refractivity contribution in [1.29, 1.82) is 0 Å². The second-order valence-corrected chi connectivity index (χ2v) is 4.70. The average molecular weight is 272 g/mol. The van der Waals surface area contributed by atoms with Crippen molar-refractivity contribution in [2.75, 3.05) is 33.9 Å². The van der Waals surface area contributed by atoms with Gasteiger partial charge in [-0.15, -0.1) is 0 Å². The highest BCUT2D eigenvalue weighted by Crippen LogP contribution is 2.20. The van der Waals surface area contributed by atoms with Crippen LogP contribution in [-0.2, 0) is 19.1 Å². The van der Waals surface area contributed by atoms with Crippen molar-refractivity contribution < 1.29 is 24.2 Å². The highest BCUT2D eigenvalue weighted by Gasteiger charge is 2.37. The Bertz CT molecular complexity index is 371. The van der Waals surface area contributed by atoms with Crippen LogP contribution in [0.4, 0.5) is 0 Å². The van der Waals surface area contributed by atoms with Gasteiger partial charge in [-0.25, -0.2) is 4.79 Å². The lowest BCUT2D eigenvalue weighted by atomic mass is 10.1. The summed E-state index contributed by atoms with van der Waals surface area (Å²) in [5.74, 6) is -1.91. The quantitative estimate of drug-likeness (QED) is 0.698. The van der Waals surface area contributed by atoms with Crippen LogP contribution in [0, 0.1) is 5.92 Å². The molecule has 2 amide bonds. The molecule has 1 aliphatic heterocycles. The summed E-state index contributed by atoms with van der Waals surface area (Å²) in [6.45, 7) is 2.66. The van der Waals surface area contributed by atoms with Crippen molar-refractivity contribution in [3.63, 3.8) is 0 Å². The van der Waals surface area contributed by atoms with E-state index in [2.05, 4.69) is 0 Å². The van der Waals surface area contributed by atoms with Crippen LogP contribution in [0.25, 0.3) is 0 Å². The fourth-order valence-electron chi connectivity index (χ4n) is 2.00. The molecule has 108 valence electrons. The zero-order chi connectivity index (χ0) is 14.6. The highest BCUT2D eigenvalue weighted by atomic mass is 16.5. The number of amides is 2. The van der Waals surface area contributed by atoms with Crippen molar-refractivity contribution in [1.82, 2.24) is 9.80 Å². The van der Waals surface area contributed by atoms with Gasteiger partial charge >= 0.3 is 5.97 Å². The molecule has 2 atom stereocenters. The largest absolute Gasteiger partial charge is 0.480 e. The van der Waals surface area contributed by atoms with Crippen LogP contribution in [0.2, 0.25) is 0 Å². The van der Waals surface area contributed by atoms with Crippen molar-refractivity contribution in [3.05, 3.63) is 0 Å². The molecule has 1 rings (SSSR count). The van der Waals surface area contributed by atoms with E-state index >= 15 is 0 Å². The third-order valence-corrected chi connectivity index (χ3v) is 3.42. The summed E-state index contributed by atoms with van der Waals surface area (Å²) in [6, 6.07) is -0.893. The number of methoxy groups -OCH3 is 1. The predicted molar refractivity (Wildman–Crippen MR) is 66.4 cm³/mol. The van der Waals surface area contributed by atoms with E-state index in [0.717, 1.165) is 0 Å². The second kappa shape index (κ2) is 6.51. The second-order valence-electron chi connectivity index (χ2n) is 4.70. The number of hydrogen-bond donors (Lipinski definition) is 1. The molecule has 1 N–H and O–H groups in total. The van der Waals surface area contributed by atoms with E-state index in [4.69, 9.17) is 9.84 Å². The summed E-state index contributed by atoms with van der Waals surface area (Å²) in [7, 11) is 2.99. The number of likely N-dealkylation sites (N-methyl/N-ethyl adjacent to an activating group) is 1. The molecule has 7 nitrogen and oxygen atoms in total. The molecule has 0 radical (unpaired) electrons. The fraction of sp³-hybridized carbons (Fsp3) is 0.750. The lowest BCUT2D eigenvalue weighted by Gasteiger charge is -2.24. The van der Waals surface area contributed by atoms with Gasteiger partial charge in [-0.05, 0) is 6.92 Å². The fourth-order valence-corrected chi connectivity index (χ4v) is 2.00. The Hall–Kier alpha value is -1.63. The van der Waals surface area contributed by atoms with Crippen LogP contribution in [-0.4, -0.2) is 72.6 Å². The van der Waals surface area contributed by atoms with E-state index in [0.29, 0.717) is 19.7 Å². The van der Waals surface area contributed by atoms with Crippen molar-refractivity contribution in [2.24, 2.45) is 5.92 Å². The number of nitrogens with zero attached hydrogens (tertiary/aromatic N) is 2. The third kappa shape index (κ3) is 3.66. The maximum atomic E-state index is 12.1. The highest BCUT2D eigenvalue weighted by molar-refractivity contribution is 5.91. The molecule has 1 saturated heterocycles. The van der Waals surface area contributed by atoms with Crippen LogP contribution in [0.15, 0.2) is 0 Å². The van der Waals surface area contributed by atoms with Crippen LogP contribution in [0.5, 0.6) is 0 Å². The Kier molecular flexibility index (Phi) is 5.29. The first-order valence-corrected chi connectivity index (χ1v) is 6.14. The Morgan fingerprint density at radius 1 is 1.58 bits per heavy atom. The number of carbonyl (C=O) groups is 3. The van der Waals surface area contributed by atoms with Crippen LogP contribution in [0.1, 0.15) is 13.3 Å². The van der Waals surface area contributed by atoms with Crippen molar-refractivity contribution in [3.8, 4) is 0 Å². The molecule has 1 heterocycles. The molecule has 7 heteroatoms. The van der Waals surface area contributed by atoms with E-state index < -0.39 is 17.9 Å². The van der Waals surface area contributed by atoms with Crippen LogP contribution in [0.3, 0.4) is 0 Å². The number of aliphatic carboxylic acids is 1. The van der Waals surface area contributed by atoms with Gasteiger partial charge in [0, 0.05) is 33.7 Å². The minimum absolute atomic E-state index is 0.0909. The van der Waals surface area contributed by atoms with E-state index in [1.165, 1.54) is 18.9 Å². The van der Waals surface area contributed by atoms with Crippen LogP contribution >= 0.6 is 0 Å². The summed E-state index contributed by atoms with van der Waals surface area (Å²) in [5.41, 5.74) is 0. The molecule has 0 aromatic heterocycles. The lowest BCUT2D eigenvalue weighted by Crippen LogP contribution is -2.44. The van der Waals surface area contributed by atoms with Gasteiger partial charge < -0.3 is 19.6 Å². The maximum Gasteiger partial charge on any atom is 0.326 e. The standard InChI is InChI=1S/C12H20N2O5/c1-8(12(17)18)13(2)11(16)9-6-10(15)14(7-9)4-5-19-3/h8-9H,4-7H2,1-3H3,(H,17,18). The summed E-state index contributed by atoms with van der Waals surface area (Å²) in [6.07, 6.45) is 0.138. The van der Waals surface area contributed by atoms with E-state index in [9.17, 15) is 14.4 Å². The SMILES string of the molecule is COCCN1CC(C(=O)N(C)C(C)C(=O)O)CC1=O. The molecular formula is C12H20N2O5. The Labute approximate surface area is 112 Å². The van der Waals surface area contributed by atoms with Gasteiger partial charge in [0.05, 0.1) is 12.5 Å². The maximum absolute atomic E-state index is 12.1. The van der Waals surface area contributed by atoms with Gasteiger partial charge in [0.15, 0.2) is 0 Å². The molecule has 0 bridgehead atoms. The summed E-state index contributed by atoms with van der Waals surface area (Å²) in [5, 5.41) is 8.88. The first kappa shape index (κ1) is 15.4. The minimum Gasteiger partial charge on any atom is -0.480 e. The number of carbonyl (C=O) groups excluding carboxylic acids is 2. The number of likely N-dealkylation sites (tertiary alicyclic amines) is 1. The minimum atomic E-state index is -1.06. The molecule has 0 saturated carbocycles. The molecule has 0 aromatic rings. The smallest absolute Gasteiger partial charge is 0.326 e. The van der Waals surface area contributed by atoms with Gasteiger partial charge in [0.25, 0.3) is 0 Å². The number of carboxylic acids is 1. The van der Waals surface area contributed by atoms with Gasteiger partial charge in [0.2, 0.25) is 11.8 Å². The molecule has 2 unspecified atom stereocenters.